The standard InChI is InChI=1S/C21H20FN7O2/c22-17-13-27(19-2-4-25-18-1-5-26-29(18)19)6-3-16(17)21(30)28-7-8-31-20-14(9-23)10-24-11-15(20)12-28/h1-2,4-5,10-11,16-17H,3,6-8,12-13H2/t16-,17-/m0/s1. The maximum absolute atomic E-state index is 15.2. The van der Waals surface area contributed by atoms with Gasteiger partial charge in [-0.2, -0.15) is 14.9 Å². The van der Waals surface area contributed by atoms with Gasteiger partial charge in [-0.15, -0.1) is 0 Å². The molecule has 1 saturated heterocycles. The van der Waals surface area contributed by atoms with Crippen LogP contribution in [-0.2, 0) is 11.3 Å². The van der Waals surface area contributed by atoms with Gasteiger partial charge in [-0.25, -0.2) is 9.37 Å². The zero-order valence-electron chi connectivity index (χ0n) is 16.7. The van der Waals surface area contributed by atoms with Gasteiger partial charge in [0.2, 0.25) is 5.91 Å². The van der Waals surface area contributed by atoms with E-state index in [1.165, 1.54) is 6.20 Å². The number of ether oxygens (including phenoxy) is 1. The first-order valence-corrected chi connectivity index (χ1v) is 10.1. The van der Waals surface area contributed by atoms with Crippen LogP contribution >= 0.6 is 0 Å². The third-order valence-corrected chi connectivity index (χ3v) is 5.82. The summed E-state index contributed by atoms with van der Waals surface area (Å²) in [5.41, 5.74) is 1.70. The van der Waals surface area contributed by atoms with Crippen molar-refractivity contribution in [2.45, 2.75) is 19.1 Å². The fraction of sp³-hybridized carbons (Fsp3) is 0.381. The topological polar surface area (TPSA) is 99.6 Å². The highest BCUT2D eigenvalue weighted by Crippen LogP contribution is 2.30. The van der Waals surface area contributed by atoms with E-state index >= 15 is 4.39 Å². The molecule has 2 aliphatic rings. The maximum Gasteiger partial charge on any atom is 0.229 e. The fourth-order valence-electron chi connectivity index (χ4n) is 4.27. The van der Waals surface area contributed by atoms with Crippen molar-refractivity contribution in [2.24, 2.45) is 5.92 Å². The molecule has 9 nitrogen and oxygen atoms in total. The average Bonchev–Trinajstić information content (AvgIpc) is 3.17. The van der Waals surface area contributed by atoms with Gasteiger partial charge < -0.3 is 14.5 Å². The minimum absolute atomic E-state index is 0.108. The van der Waals surface area contributed by atoms with Crippen molar-refractivity contribution in [3.05, 3.63) is 48.0 Å². The molecule has 31 heavy (non-hydrogen) atoms. The van der Waals surface area contributed by atoms with E-state index in [1.807, 2.05) is 4.90 Å². The molecule has 2 aliphatic heterocycles. The van der Waals surface area contributed by atoms with Crippen LogP contribution in [0.2, 0.25) is 0 Å². The molecule has 0 N–H and O–H groups in total. The summed E-state index contributed by atoms with van der Waals surface area (Å²) in [6.07, 6.45) is 5.45. The number of alkyl halides is 1. The Bertz CT molecular complexity index is 1170. The Labute approximate surface area is 177 Å². The Hall–Kier alpha value is -3.74. The van der Waals surface area contributed by atoms with E-state index in [0.717, 1.165) is 5.82 Å². The molecule has 1 amide bonds. The highest BCUT2D eigenvalue weighted by atomic mass is 19.1. The van der Waals surface area contributed by atoms with Gasteiger partial charge in [0.15, 0.2) is 5.65 Å². The summed E-state index contributed by atoms with van der Waals surface area (Å²) >= 11 is 0. The van der Waals surface area contributed by atoms with E-state index in [-0.39, 0.29) is 25.6 Å². The summed E-state index contributed by atoms with van der Waals surface area (Å²) < 4.78 is 22.6. The fourth-order valence-corrected chi connectivity index (χ4v) is 4.27. The zero-order valence-corrected chi connectivity index (χ0v) is 16.7. The van der Waals surface area contributed by atoms with Gasteiger partial charge in [0.05, 0.1) is 31.7 Å². The van der Waals surface area contributed by atoms with Crippen LogP contribution in [0.3, 0.4) is 0 Å². The van der Waals surface area contributed by atoms with Crippen LogP contribution in [0.1, 0.15) is 17.5 Å². The summed E-state index contributed by atoms with van der Waals surface area (Å²) in [6.45, 7) is 1.49. The van der Waals surface area contributed by atoms with Crippen LogP contribution in [0.4, 0.5) is 10.2 Å². The predicted molar refractivity (Wildman–Crippen MR) is 108 cm³/mol. The first-order valence-electron chi connectivity index (χ1n) is 10.1. The lowest BCUT2D eigenvalue weighted by molar-refractivity contribution is -0.139. The van der Waals surface area contributed by atoms with E-state index < -0.39 is 12.1 Å². The van der Waals surface area contributed by atoms with Crippen LogP contribution in [0.15, 0.2) is 36.9 Å². The van der Waals surface area contributed by atoms with Crippen molar-refractivity contribution in [1.29, 1.82) is 5.26 Å². The SMILES string of the molecule is N#Cc1cncc2c1OCCN(C(=O)[C@H]1CCN(c3ccnc4ccnn34)C[C@@H]1F)C2. The lowest BCUT2D eigenvalue weighted by Crippen LogP contribution is -2.49. The number of piperidine rings is 1. The molecular formula is C21H20FN7O2. The number of halogens is 1. The number of fused-ring (bicyclic) bond motifs is 2. The first-order chi connectivity index (χ1) is 15.2. The molecule has 0 saturated carbocycles. The average molecular weight is 421 g/mol. The van der Waals surface area contributed by atoms with Crippen molar-refractivity contribution in [3.8, 4) is 11.8 Å². The van der Waals surface area contributed by atoms with Gasteiger partial charge in [0.1, 0.15) is 36.0 Å². The summed E-state index contributed by atoms with van der Waals surface area (Å²) in [6, 6.07) is 5.65. The molecule has 10 heteroatoms. The Morgan fingerprint density at radius 2 is 2.16 bits per heavy atom. The van der Waals surface area contributed by atoms with Crippen LogP contribution in [-0.4, -0.2) is 62.8 Å². The molecule has 0 unspecified atom stereocenters. The lowest BCUT2D eigenvalue weighted by Gasteiger charge is -2.37. The van der Waals surface area contributed by atoms with E-state index in [4.69, 9.17) is 4.74 Å². The Morgan fingerprint density at radius 1 is 1.26 bits per heavy atom. The number of hydrogen-bond donors (Lipinski definition) is 0. The summed E-state index contributed by atoms with van der Waals surface area (Å²) in [5, 5.41) is 13.5. The van der Waals surface area contributed by atoms with Gasteiger partial charge in [0.25, 0.3) is 0 Å². The van der Waals surface area contributed by atoms with Gasteiger partial charge in [-0.05, 0) is 12.5 Å². The number of aromatic nitrogens is 4. The van der Waals surface area contributed by atoms with Crippen molar-refractivity contribution < 1.29 is 13.9 Å². The summed E-state index contributed by atoms with van der Waals surface area (Å²) in [7, 11) is 0. The molecule has 3 aromatic heterocycles. The van der Waals surface area contributed by atoms with Gasteiger partial charge >= 0.3 is 0 Å². The Balaban J connectivity index is 1.32. The van der Waals surface area contributed by atoms with E-state index in [9.17, 15) is 10.1 Å². The molecule has 5 heterocycles. The second kappa shape index (κ2) is 7.83. The van der Waals surface area contributed by atoms with Gasteiger partial charge in [-0.1, -0.05) is 0 Å². The number of hydrogen-bond acceptors (Lipinski definition) is 7. The number of carbonyl (C=O) groups excluding carboxylic acids is 1. The molecule has 0 spiro atoms. The number of amides is 1. The summed E-state index contributed by atoms with van der Waals surface area (Å²) in [4.78, 5) is 25.0. The molecule has 0 aromatic carbocycles. The molecule has 5 rings (SSSR count). The smallest absolute Gasteiger partial charge is 0.229 e. The van der Waals surface area contributed by atoms with E-state index in [0.29, 0.717) is 42.0 Å². The normalized spacial score (nSPS) is 21.2. The lowest BCUT2D eigenvalue weighted by atomic mass is 9.93. The number of nitrogens with zero attached hydrogens (tertiary/aromatic N) is 7. The highest BCUT2D eigenvalue weighted by molar-refractivity contribution is 5.80. The van der Waals surface area contributed by atoms with E-state index in [1.54, 1.807) is 40.1 Å². The number of carbonyl (C=O) groups is 1. The number of rotatable bonds is 2. The first kappa shape index (κ1) is 19.2. The van der Waals surface area contributed by atoms with Crippen molar-refractivity contribution >= 4 is 17.4 Å². The zero-order chi connectivity index (χ0) is 21.4. The second-order valence-corrected chi connectivity index (χ2v) is 7.66. The molecule has 0 bridgehead atoms. The second-order valence-electron chi connectivity index (χ2n) is 7.66. The molecule has 158 valence electrons. The van der Waals surface area contributed by atoms with Crippen LogP contribution in [0.25, 0.3) is 5.65 Å². The van der Waals surface area contributed by atoms with Crippen LogP contribution < -0.4 is 9.64 Å². The number of anilines is 1. The van der Waals surface area contributed by atoms with Crippen LogP contribution in [0.5, 0.6) is 5.75 Å². The van der Waals surface area contributed by atoms with E-state index in [2.05, 4.69) is 21.1 Å². The van der Waals surface area contributed by atoms with Gasteiger partial charge in [0, 0.05) is 36.8 Å². The third-order valence-electron chi connectivity index (χ3n) is 5.82. The Morgan fingerprint density at radius 3 is 3.00 bits per heavy atom. The van der Waals surface area contributed by atoms with Crippen LogP contribution in [0, 0.1) is 17.2 Å². The van der Waals surface area contributed by atoms with Crippen molar-refractivity contribution in [1.82, 2.24) is 24.5 Å². The van der Waals surface area contributed by atoms with Gasteiger partial charge in [-0.3, -0.25) is 9.78 Å². The molecule has 1 fully saturated rings. The maximum atomic E-state index is 15.2. The van der Waals surface area contributed by atoms with Crippen molar-refractivity contribution in [3.63, 3.8) is 0 Å². The molecule has 2 atom stereocenters. The number of pyridine rings is 1. The quantitative estimate of drug-likeness (QED) is 0.619. The third kappa shape index (κ3) is 3.42. The summed E-state index contributed by atoms with van der Waals surface area (Å²) in [5.74, 6) is 0.265. The monoisotopic (exact) mass is 421 g/mol. The predicted octanol–water partition coefficient (Wildman–Crippen LogP) is 1.58. The molecule has 0 aliphatic carbocycles. The minimum Gasteiger partial charge on any atom is -0.490 e. The molecule has 3 aromatic rings. The van der Waals surface area contributed by atoms with Crippen molar-refractivity contribution in [2.75, 3.05) is 31.1 Å². The Kier molecular flexibility index (Phi) is 4.86. The minimum atomic E-state index is -1.31. The molecular weight excluding hydrogens is 401 g/mol. The molecule has 0 radical (unpaired) electrons. The largest absolute Gasteiger partial charge is 0.490 e. The highest BCUT2D eigenvalue weighted by Gasteiger charge is 2.38. The number of nitriles is 1.